The highest BCUT2D eigenvalue weighted by Crippen LogP contribution is 2.59. The Bertz CT molecular complexity index is 2200. The first-order valence-electron chi connectivity index (χ1n) is 21.0. The van der Waals surface area contributed by atoms with Crippen LogP contribution >= 0.6 is 22.6 Å². The highest BCUT2D eigenvalue weighted by Gasteiger charge is 2.77. The lowest BCUT2D eigenvalue weighted by molar-refractivity contribution is -0.214. The Morgan fingerprint density at radius 2 is 1.48 bits per heavy atom. The van der Waals surface area contributed by atoms with Crippen molar-refractivity contribution in [2.45, 2.75) is 107 Å². The number of hydrogen-bond donors (Lipinski definition) is 2. The average Bonchev–Trinajstić information content (AvgIpc) is 3.84. The fraction of sp³-hybridized carbons (Fsp3) is 0.417. The smallest absolute Gasteiger partial charge is 0.327 e. The van der Waals surface area contributed by atoms with E-state index in [0.29, 0.717) is 11.1 Å². The Labute approximate surface area is 375 Å². The minimum absolute atomic E-state index is 0.0390. The molecular formula is C48H52IN3O10. The Balaban J connectivity index is 1.17. The van der Waals surface area contributed by atoms with Gasteiger partial charge in [0.15, 0.2) is 6.04 Å². The third kappa shape index (κ3) is 8.52. The molecule has 0 unspecified atom stereocenters. The fourth-order valence-corrected chi connectivity index (χ4v) is 9.70. The number of ether oxygens (including phenoxy) is 4. The van der Waals surface area contributed by atoms with Crippen molar-refractivity contribution in [2.75, 3.05) is 13.7 Å². The highest BCUT2D eigenvalue weighted by molar-refractivity contribution is 14.1. The summed E-state index contributed by atoms with van der Waals surface area (Å²) in [4.78, 5) is 65.8. The number of halogens is 1. The minimum atomic E-state index is -1.59. The van der Waals surface area contributed by atoms with E-state index in [1.807, 2.05) is 115 Å². The monoisotopic (exact) mass is 957 g/mol. The molecule has 8 atom stereocenters. The molecule has 0 aromatic heterocycles. The van der Waals surface area contributed by atoms with Crippen molar-refractivity contribution >= 4 is 46.3 Å². The van der Waals surface area contributed by atoms with E-state index in [2.05, 4.69) is 27.9 Å². The topological polar surface area (TPSA) is 153 Å². The summed E-state index contributed by atoms with van der Waals surface area (Å²) in [6.07, 6.45) is -3.45. The van der Waals surface area contributed by atoms with Gasteiger partial charge in [0.2, 0.25) is 17.6 Å². The van der Waals surface area contributed by atoms with Crippen LogP contribution in [0.5, 0.6) is 0 Å². The van der Waals surface area contributed by atoms with Crippen LogP contribution in [0.2, 0.25) is 0 Å². The summed E-state index contributed by atoms with van der Waals surface area (Å²) < 4.78 is 26.9. The summed E-state index contributed by atoms with van der Waals surface area (Å²) >= 11 is 2.23. The van der Waals surface area contributed by atoms with Crippen LogP contribution in [-0.4, -0.2) is 101 Å². The van der Waals surface area contributed by atoms with Crippen molar-refractivity contribution < 1.29 is 48.1 Å². The van der Waals surface area contributed by atoms with Crippen molar-refractivity contribution in [3.8, 4) is 0 Å². The van der Waals surface area contributed by atoms with Crippen molar-refractivity contribution in [2.24, 2.45) is 5.41 Å². The van der Waals surface area contributed by atoms with Gasteiger partial charge in [0.1, 0.15) is 41.5 Å². The molecule has 62 heavy (non-hydrogen) atoms. The lowest BCUT2D eigenvalue weighted by atomic mass is 9.62. The van der Waals surface area contributed by atoms with E-state index >= 15 is 4.79 Å². The molecule has 0 radical (unpaired) electrons. The molecule has 326 valence electrons. The number of hydrogen-bond acceptors (Lipinski definition) is 11. The molecule has 3 heterocycles. The zero-order chi connectivity index (χ0) is 43.8. The number of aliphatic hydroxyl groups excluding tert-OH is 1. The van der Waals surface area contributed by atoms with E-state index in [1.54, 1.807) is 32.9 Å². The van der Waals surface area contributed by atoms with Gasteiger partial charge in [-0.3, -0.25) is 24.0 Å². The zero-order valence-corrected chi connectivity index (χ0v) is 37.3. The molecule has 1 aliphatic carbocycles. The number of esters is 2. The second kappa shape index (κ2) is 17.8. The third-order valence-corrected chi connectivity index (χ3v) is 12.9. The number of aliphatic hydroxyl groups is 1. The first-order valence-corrected chi connectivity index (χ1v) is 22.1. The molecule has 4 aliphatic rings. The number of carbonyl (C=O) groups is 4. The van der Waals surface area contributed by atoms with Crippen LogP contribution in [0.1, 0.15) is 62.3 Å². The standard InChI is InChI=1S/C48H52IN3O10/c1-46(2,3)59-38(54)25-24-35(29-53)50-43(55)36(26-30-14-8-5-9-15-30)51(4)45(57)47-27-37-39-40(61-48(60-39,32-16-10-6-11-17-32)33-18-12-7-13-19-33)42(47)62-52(41(47)44(56)58-37)28-31-20-22-34(49)23-21-31/h5-23,35-37,39-42,53H,24-29H2,1-4H3,(H,50,55)/t35-,36+,37+,39-,40-,41-,42+,47-/m0/s1. The second-order valence-corrected chi connectivity index (χ2v) is 18.7. The molecule has 4 aromatic carbocycles. The van der Waals surface area contributed by atoms with Crippen molar-refractivity contribution in [3.63, 3.8) is 0 Å². The maximum Gasteiger partial charge on any atom is 0.327 e. The van der Waals surface area contributed by atoms with Gasteiger partial charge in [-0.05, 0) is 73.0 Å². The summed E-state index contributed by atoms with van der Waals surface area (Å²) in [6.45, 7) is 5.01. The summed E-state index contributed by atoms with van der Waals surface area (Å²) in [5.41, 5.74) is 0.782. The maximum absolute atomic E-state index is 15.8. The summed E-state index contributed by atoms with van der Waals surface area (Å²) in [5, 5.41) is 14.8. The van der Waals surface area contributed by atoms with Crippen LogP contribution in [-0.2, 0) is 61.7 Å². The van der Waals surface area contributed by atoms with Gasteiger partial charge in [-0.2, -0.15) is 5.06 Å². The van der Waals surface area contributed by atoms with E-state index in [-0.39, 0.29) is 32.2 Å². The lowest BCUT2D eigenvalue weighted by Gasteiger charge is -2.50. The highest BCUT2D eigenvalue weighted by atomic mass is 127. The number of nitrogens with zero attached hydrogens (tertiary/aromatic N) is 2. The van der Waals surface area contributed by atoms with Crippen LogP contribution < -0.4 is 5.32 Å². The normalized spacial score (nSPS) is 25.8. The number of carbonyl (C=O) groups excluding carboxylic acids is 4. The Morgan fingerprint density at radius 3 is 2.08 bits per heavy atom. The third-order valence-electron chi connectivity index (χ3n) is 12.2. The number of rotatable bonds is 14. The Kier molecular flexibility index (Phi) is 12.6. The van der Waals surface area contributed by atoms with E-state index in [1.165, 1.54) is 4.90 Å². The van der Waals surface area contributed by atoms with E-state index in [4.69, 9.17) is 23.8 Å². The number of hydroxylamine groups is 2. The fourth-order valence-electron chi connectivity index (χ4n) is 9.34. The predicted molar refractivity (Wildman–Crippen MR) is 235 cm³/mol. The molecule has 4 fully saturated rings. The van der Waals surface area contributed by atoms with Crippen LogP contribution in [0.4, 0.5) is 0 Å². The molecular weight excluding hydrogens is 905 g/mol. The SMILES string of the molecule is CN(C(=O)[C@@]12C[C@H]3OC(=O)[C@@H]1N(Cc1ccc(I)cc1)O[C@@H]2[C@H]1OC(c2ccccc2)(c2ccccc2)O[C@H]13)[C@H](Cc1ccccc1)C(=O)N[C@H](CO)CCC(=O)OC(C)(C)C. The molecule has 8 rings (SSSR count). The van der Waals surface area contributed by atoms with Crippen molar-refractivity contribution in [3.05, 3.63) is 141 Å². The van der Waals surface area contributed by atoms with E-state index in [9.17, 15) is 19.5 Å². The van der Waals surface area contributed by atoms with Gasteiger partial charge in [-0.1, -0.05) is 103 Å². The molecule has 2 bridgehead atoms. The van der Waals surface area contributed by atoms with Gasteiger partial charge in [0.05, 0.1) is 19.2 Å². The largest absolute Gasteiger partial charge is 0.460 e. The second-order valence-electron chi connectivity index (χ2n) is 17.5. The molecule has 13 nitrogen and oxygen atoms in total. The first kappa shape index (κ1) is 43.9. The molecule has 14 heteroatoms. The molecule has 3 aliphatic heterocycles. The molecule has 4 aromatic rings. The lowest BCUT2D eigenvalue weighted by Crippen LogP contribution is -2.70. The average molecular weight is 958 g/mol. The van der Waals surface area contributed by atoms with Gasteiger partial charge in [-0.25, -0.2) is 0 Å². The summed E-state index contributed by atoms with van der Waals surface area (Å²) in [5.74, 6) is -3.57. The summed E-state index contributed by atoms with van der Waals surface area (Å²) in [7, 11) is 1.56. The maximum atomic E-state index is 15.8. The zero-order valence-electron chi connectivity index (χ0n) is 35.1. The molecule has 3 saturated heterocycles. The van der Waals surface area contributed by atoms with Crippen molar-refractivity contribution in [1.29, 1.82) is 0 Å². The van der Waals surface area contributed by atoms with Gasteiger partial charge >= 0.3 is 11.9 Å². The van der Waals surface area contributed by atoms with Crippen LogP contribution in [0.3, 0.4) is 0 Å². The Morgan fingerprint density at radius 1 is 0.887 bits per heavy atom. The molecule has 1 saturated carbocycles. The summed E-state index contributed by atoms with van der Waals surface area (Å²) in [6, 6.07) is 33.0. The predicted octanol–water partition coefficient (Wildman–Crippen LogP) is 5.45. The number of amides is 2. The Hall–Kier alpha value is -4.71. The van der Waals surface area contributed by atoms with Gasteiger partial charge in [0.25, 0.3) is 0 Å². The van der Waals surface area contributed by atoms with Gasteiger partial charge in [-0.15, -0.1) is 0 Å². The minimum Gasteiger partial charge on any atom is -0.460 e. The van der Waals surface area contributed by atoms with E-state index in [0.717, 1.165) is 14.7 Å². The number of likely N-dealkylation sites (N-methyl/N-ethyl adjacent to an activating group) is 1. The molecule has 2 N–H and O–H groups in total. The van der Waals surface area contributed by atoms with Crippen LogP contribution in [0.25, 0.3) is 0 Å². The van der Waals surface area contributed by atoms with Gasteiger partial charge < -0.3 is 34.3 Å². The van der Waals surface area contributed by atoms with Gasteiger partial charge in [0, 0.05) is 41.0 Å². The number of fused-ring (bicyclic) bond motifs is 4. The van der Waals surface area contributed by atoms with E-state index < -0.39 is 89.7 Å². The number of benzene rings is 4. The van der Waals surface area contributed by atoms with Crippen LogP contribution in [0.15, 0.2) is 115 Å². The molecule has 0 spiro atoms. The molecule has 2 amide bonds. The van der Waals surface area contributed by atoms with Crippen LogP contribution in [0, 0.1) is 8.99 Å². The first-order chi connectivity index (χ1) is 29.7. The van der Waals surface area contributed by atoms with Crippen molar-refractivity contribution in [1.82, 2.24) is 15.3 Å². The quantitative estimate of drug-likeness (QED) is 0.123. The number of nitrogens with one attached hydrogen (secondary N) is 1.